The number of aryl methyl sites for hydroxylation is 1. The summed E-state index contributed by atoms with van der Waals surface area (Å²) in [6.45, 7) is 7.16. The van der Waals surface area contributed by atoms with Crippen LogP contribution >= 0.6 is 0 Å². The van der Waals surface area contributed by atoms with E-state index in [2.05, 4.69) is 24.3 Å². The Labute approximate surface area is 127 Å². The van der Waals surface area contributed by atoms with E-state index in [0.717, 1.165) is 36.1 Å². The van der Waals surface area contributed by atoms with Gasteiger partial charge in [0, 0.05) is 18.3 Å². The lowest BCUT2D eigenvalue weighted by Gasteiger charge is -2.28. The second-order valence-corrected chi connectivity index (χ2v) is 6.97. The first-order chi connectivity index (χ1) is 10.1. The molecule has 0 aromatic carbocycles. The Balaban J connectivity index is 1.63. The second-order valence-electron chi connectivity index (χ2n) is 6.97. The molecule has 4 heteroatoms. The minimum absolute atomic E-state index is 0.0464. The van der Waals surface area contributed by atoms with E-state index in [4.69, 9.17) is 0 Å². The number of carbonyl (C=O) groups is 1. The molecule has 1 amide bonds. The monoisotopic (exact) mass is 289 g/mol. The predicted octanol–water partition coefficient (Wildman–Crippen LogP) is 3.16. The van der Waals surface area contributed by atoms with Gasteiger partial charge >= 0.3 is 0 Å². The standard InChI is InChI=1S/C17H27N3O/c1-4-7-20-12(3)16(10-18-20)17(21)19-11(2)15-9-13-5-6-14(15)8-13/h10-11,13-15H,4-9H2,1-3H3,(H,19,21)/t11-,13+,14+,15+/m0/s1. The maximum atomic E-state index is 12.5. The first-order valence-corrected chi connectivity index (χ1v) is 8.43. The number of nitrogens with one attached hydrogen (secondary N) is 1. The average Bonchev–Trinajstić information content (AvgIpc) is 3.15. The molecule has 0 aliphatic heterocycles. The van der Waals surface area contributed by atoms with Crippen molar-refractivity contribution in [3.05, 3.63) is 17.5 Å². The van der Waals surface area contributed by atoms with Gasteiger partial charge in [0.1, 0.15) is 0 Å². The van der Waals surface area contributed by atoms with Crippen LogP contribution in [0.15, 0.2) is 6.20 Å². The van der Waals surface area contributed by atoms with Gasteiger partial charge in [-0.1, -0.05) is 13.3 Å². The Morgan fingerprint density at radius 1 is 1.48 bits per heavy atom. The maximum absolute atomic E-state index is 12.5. The Morgan fingerprint density at radius 3 is 2.90 bits per heavy atom. The second kappa shape index (κ2) is 5.82. The molecule has 4 atom stereocenters. The van der Waals surface area contributed by atoms with E-state index in [0.29, 0.717) is 5.92 Å². The van der Waals surface area contributed by atoms with Crippen molar-refractivity contribution in [1.82, 2.24) is 15.1 Å². The highest BCUT2D eigenvalue weighted by Crippen LogP contribution is 2.49. The van der Waals surface area contributed by atoms with Crippen LogP contribution in [0.5, 0.6) is 0 Å². The Kier molecular flexibility index (Phi) is 4.05. The molecule has 0 unspecified atom stereocenters. The largest absolute Gasteiger partial charge is 0.349 e. The van der Waals surface area contributed by atoms with Crippen LogP contribution in [0.4, 0.5) is 0 Å². The van der Waals surface area contributed by atoms with Crippen molar-refractivity contribution < 1.29 is 4.79 Å². The summed E-state index contributed by atoms with van der Waals surface area (Å²) in [4.78, 5) is 12.5. The zero-order valence-electron chi connectivity index (χ0n) is 13.4. The molecule has 116 valence electrons. The van der Waals surface area contributed by atoms with Gasteiger partial charge in [0.2, 0.25) is 0 Å². The Hall–Kier alpha value is -1.32. The average molecular weight is 289 g/mol. The fourth-order valence-electron chi connectivity index (χ4n) is 4.40. The van der Waals surface area contributed by atoms with Crippen LogP contribution in [0.2, 0.25) is 0 Å². The number of hydrogen-bond donors (Lipinski definition) is 1. The van der Waals surface area contributed by atoms with Crippen LogP contribution in [0.1, 0.15) is 62.0 Å². The first-order valence-electron chi connectivity index (χ1n) is 8.43. The van der Waals surface area contributed by atoms with Crippen molar-refractivity contribution >= 4 is 5.91 Å². The fraction of sp³-hybridized carbons (Fsp3) is 0.765. The molecular formula is C17H27N3O. The van der Waals surface area contributed by atoms with Gasteiger partial charge in [-0.05, 0) is 57.3 Å². The van der Waals surface area contributed by atoms with Gasteiger partial charge in [-0.25, -0.2) is 0 Å². The number of carbonyl (C=O) groups excluding carboxylic acids is 1. The SMILES string of the molecule is CCCn1ncc(C(=O)N[C@@H](C)[C@H]2C[C@@H]3CC[C@@H]2C3)c1C. The van der Waals surface area contributed by atoms with E-state index in [1.807, 2.05) is 11.6 Å². The summed E-state index contributed by atoms with van der Waals surface area (Å²) < 4.78 is 1.93. The molecule has 4 nitrogen and oxygen atoms in total. The molecule has 1 N–H and O–H groups in total. The van der Waals surface area contributed by atoms with E-state index in [9.17, 15) is 4.79 Å². The van der Waals surface area contributed by atoms with Gasteiger partial charge in [0.25, 0.3) is 5.91 Å². The molecule has 0 radical (unpaired) electrons. The molecule has 2 aliphatic carbocycles. The molecule has 3 rings (SSSR count). The third-order valence-electron chi connectivity index (χ3n) is 5.58. The number of rotatable bonds is 5. The third-order valence-corrected chi connectivity index (χ3v) is 5.58. The lowest BCUT2D eigenvalue weighted by molar-refractivity contribution is 0.0914. The van der Waals surface area contributed by atoms with E-state index in [-0.39, 0.29) is 11.9 Å². The van der Waals surface area contributed by atoms with Crippen molar-refractivity contribution in [2.75, 3.05) is 0 Å². The van der Waals surface area contributed by atoms with E-state index in [1.54, 1.807) is 6.20 Å². The van der Waals surface area contributed by atoms with Crippen molar-refractivity contribution in [3.63, 3.8) is 0 Å². The zero-order valence-corrected chi connectivity index (χ0v) is 13.4. The number of hydrogen-bond acceptors (Lipinski definition) is 2. The topological polar surface area (TPSA) is 46.9 Å². The van der Waals surface area contributed by atoms with Crippen molar-refractivity contribution in [2.24, 2.45) is 17.8 Å². The van der Waals surface area contributed by atoms with Gasteiger partial charge in [0.05, 0.1) is 11.8 Å². The first kappa shape index (κ1) is 14.6. The number of nitrogens with zero attached hydrogens (tertiary/aromatic N) is 2. The molecule has 0 saturated heterocycles. The highest BCUT2D eigenvalue weighted by molar-refractivity contribution is 5.95. The van der Waals surface area contributed by atoms with Crippen LogP contribution in [0, 0.1) is 24.7 Å². The number of amides is 1. The smallest absolute Gasteiger partial charge is 0.254 e. The lowest BCUT2D eigenvalue weighted by Crippen LogP contribution is -2.40. The lowest BCUT2D eigenvalue weighted by atomic mass is 9.84. The Morgan fingerprint density at radius 2 is 2.29 bits per heavy atom. The molecule has 2 bridgehead atoms. The molecule has 2 fully saturated rings. The molecule has 1 heterocycles. The van der Waals surface area contributed by atoms with E-state index >= 15 is 0 Å². The molecule has 2 saturated carbocycles. The summed E-state index contributed by atoms with van der Waals surface area (Å²) in [7, 11) is 0. The summed E-state index contributed by atoms with van der Waals surface area (Å²) in [6, 6.07) is 0.279. The molecule has 2 aliphatic rings. The Bertz CT molecular complexity index is 522. The van der Waals surface area contributed by atoms with Crippen molar-refractivity contribution in [1.29, 1.82) is 0 Å². The summed E-state index contributed by atoms with van der Waals surface area (Å²) >= 11 is 0. The summed E-state index contributed by atoms with van der Waals surface area (Å²) in [5, 5.41) is 7.55. The number of fused-ring (bicyclic) bond motifs is 2. The summed E-state index contributed by atoms with van der Waals surface area (Å²) in [5.41, 5.74) is 1.72. The quantitative estimate of drug-likeness (QED) is 0.905. The fourth-order valence-corrected chi connectivity index (χ4v) is 4.40. The van der Waals surface area contributed by atoms with Gasteiger partial charge < -0.3 is 5.32 Å². The minimum atomic E-state index is 0.0464. The van der Waals surface area contributed by atoms with Crippen molar-refractivity contribution in [2.45, 2.75) is 65.5 Å². The maximum Gasteiger partial charge on any atom is 0.254 e. The van der Waals surface area contributed by atoms with Crippen molar-refractivity contribution in [3.8, 4) is 0 Å². The van der Waals surface area contributed by atoms with Gasteiger partial charge in [-0.15, -0.1) is 0 Å². The molecule has 21 heavy (non-hydrogen) atoms. The summed E-state index contributed by atoms with van der Waals surface area (Å²) in [6.07, 6.45) is 8.21. The number of aromatic nitrogens is 2. The minimum Gasteiger partial charge on any atom is -0.349 e. The van der Waals surface area contributed by atoms with Crippen LogP contribution in [-0.2, 0) is 6.54 Å². The van der Waals surface area contributed by atoms with Crippen LogP contribution in [0.25, 0.3) is 0 Å². The van der Waals surface area contributed by atoms with E-state index in [1.165, 1.54) is 25.7 Å². The molecule has 1 aromatic rings. The molecule has 0 spiro atoms. The predicted molar refractivity (Wildman–Crippen MR) is 83.1 cm³/mol. The highest BCUT2D eigenvalue weighted by Gasteiger charge is 2.42. The van der Waals surface area contributed by atoms with Crippen LogP contribution in [0.3, 0.4) is 0 Å². The third kappa shape index (κ3) is 2.72. The van der Waals surface area contributed by atoms with E-state index < -0.39 is 0 Å². The molecule has 1 aromatic heterocycles. The molecular weight excluding hydrogens is 262 g/mol. The summed E-state index contributed by atoms with van der Waals surface area (Å²) in [5.74, 6) is 2.49. The van der Waals surface area contributed by atoms with Gasteiger partial charge in [-0.2, -0.15) is 5.10 Å². The highest BCUT2D eigenvalue weighted by atomic mass is 16.1. The zero-order chi connectivity index (χ0) is 15.0. The van der Waals surface area contributed by atoms with Crippen LogP contribution < -0.4 is 5.32 Å². The van der Waals surface area contributed by atoms with Crippen LogP contribution in [-0.4, -0.2) is 21.7 Å². The normalized spacial score (nSPS) is 28.8. The van der Waals surface area contributed by atoms with Gasteiger partial charge in [0.15, 0.2) is 0 Å². The van der Waals surface area contributed by atoms with Gasteiger partial charge in [-0.3, -0.25) is 9.48 Å².